The lowest BCUT2D eigenvalue weighted by molar-refractivity contribution is 0.325. The molecule has 0 saturated carbocycles. The van der Waals surface area contributed by atoms with Gasteiger partial charge < -0.3 is 10.3 Å². The molecule has 3 heteroatoms. The van der Waals surface area contributed by atoms with Crippen LogP contribution in [-0.2, 0) is 11.8 Å². The molecular weight excluding hydrogens is 164 g/mol. The van der Waals surface area contributed by atoms with Crippen LogP contribution in [0.3, 0.4) is 0 Å². The van der Waals surface area contributed by atoms with Gasteiger partial charge in [-0.05, 0) is 19.9 Å². The molecule has 0 radical (unpaired) electrons. The highest BCUT2D eigenvalue weighted by Crippen LogP contribution is 2.27. The average molecular weight is 182 g/mol. The first kappa shape index (κ1) is 10.3. The number of aromatic nitrogens is 1. The van der Waals surface area contributed by atoms with Crippen molar-refractivity contribution in [3.63, 3.8) is 0 Å². The van der Waals surface area contributed by atoms with E-state index in [1.807, 2.05) is 6.92 Å². The zero-order valence-corrected chi connectivity index (χ0v) is 8.85. The third-order valence-electron chi connectivity index (χ3n) is 2.06. The Bertz CT molecular complexity index is 284. The molecule has 0 bridgehead atoms. The second kappa shape index (κ2) is 3.50. The van der Waals surface area contributed by atoms with Crippen molar-refractivity contribution < 1.29 is 4.52 Å². The molecule has 74 valence electrons. The molecule has 0 aliphatic heterocycles. The third kappa shape index (κ3) is 2.10. The molecule has 3 nitrogen and oxygen atoms in total. The molecule has 2 N–H and O–H groups in total. The number of hydrogen-bond donors (Lipinski definition) is 1. The minimum atomic E-state index is 0.0196. The van der Waals surface area contributed by atoms with Crippen LogP contribution in [0.15, 0.2) is 4.52 Å². The van der Waals surface area contributed by atoms with Gasteiger partial charge in [-0.2, -0.15) is 0 Å². The molecule has 1 aromatic heterocycles. The molecule has 13 heavy (non-hydrogen) atoms. The van der Waals surface area contributed by atoms with Gasteiger partial charge in [-0.15, -0.1) is 0 Å². The topological polar surface area (TPSA) is 52.0 Å². The zero-order chi connectivity index (χ0) is 10.1. The van der Waals surface area contributed by atoms with E-state index >= 15 is 0 Å². The van der Waals surface area contributed by atoms with E-state index in [2.05, 4.69) is 25.9 Å². The van der Waals surface area contributed by atoms with Crippen molar-refractivity contribution in [1.82, 2.24) is 5.16 Å². The molecule has 0 saturated heterocycles. The van der Waals surface area contributed by atoms with Crippen LogP contribution in [0.2, 0.25) is 0 Å². The van der Waals surface area contributed by atoms with Crippen molar-refractivity contribution in [3.05, 3.63) is 17.0 Å². The molecule has 0 atom stereocenters. The van der Waals surface area contributed by atoms with Crippen LogP contribution in [0.1, 0.15) is 37.8 Å². The van der Waals surface area contributed by atoms with Crippen LogP contribution >= 0.6 is 0 Å². The summed E-state index contributed by atoms with van der Waals surface area (Å²) in [7, 11) is 0. The molecule has 0 aliphatic rings. The first-order chi connectivity index (χ1) is 5.96. The van der Waals surface area contributed by atoms with Gasteiger partial charge in [0.05, 0.1) is 5.69 Å². The Kier molecular flexibility index (Phi) is 2.76. The van der Waals surface area contributed by atoms with Crippen LogP contribution in [0.4, 0.5) is 0 Å². The highest BCUT2D eigenvalue weighted by molar-refractivity contribution is 5.27. The second-order valence-corrected chi connectivity index (χ2v) is 4.36. The molecule has 0 aromatic carbocycles. The van der Waals surface area contributed by atoms with E-state index in [-0.39, 0.29) is 5.41 Å². The number of rotatable bonds is 2. The van der Waals surface area contributed by atoms with Gasteiger partial charge in [0.1, 0.15) is 5.76 Å². The van der Waals surface area contributed by atoms with Gasteiger partial charge in [-0.1, -0.05) is 25.9 Å². The number of nitrogens with two attached hydrogens (primary N) is 1. The van der Waals surface area contributed by atoms with E-state index in [0.717, 1.165) is 17.9 Å². The minimum Gasteiger partial charge on any atom is -0.360 e. The van der Waals surface area contributed by atoms with Crippen molar-refractivity contribution in [1.29, 1.82) is 0 Å². The van der Waals surface area contributed by atoms with Gasteiger partial charge >= 0.3 is 0 Å². The molecule has 1 aromatic rings. The number of hydrogen-bond acceptors (Lipinski definition) is 3. The van der Waals surface area contributed by atoms with E-state index < -0.39 is 0 Å². The molecule has 0 unspecified atom stereocenters. The maximum atomic E-state index is 5.53. The molecule has 0 amide bonds. The summed E-state index contributed by atoms with van der Waals surface area (Å²) in [6.45, 7) is 8.96. The van der Waals surface area contributed by atoms with Gasteiger partial charge in [0.15, 0.2) is 0 Å². The van der Waals surface area contributed by atoms with Crippen molar-refractivity contribution in [2.45, 2.75) is 39.5 Å². The predicted molar refractivity (Wildman–Crippen MR) is 52.7 cm³/mol. The summed E-state index contributed by atoms with van der Waals surface area (Å²) < 4.78 is 5.31. The van der Waals surface area contributed by atoms with Crippen molar-refractivity contribution in [3.8, 4) is 0 Å². The Labute approximate surface area is 79.3 Å². The smallest absolute Gasteiger partial charge is 0.145 e. The van der Waals surface area contributed by atoms with Crippen molar-refractivity contribution in [2.75, 3.05) is 6.54 Å². The van der Waals surface area contributed by atoms with E-state index in [1.54, 1.807) is 0 Å². The fourth-order valence-corrected chi connectivity index (χ4v) is 1.42. The first-order valence-electron chi connectivity index (χ1n) is 4.62. The fraction of sp³-hybridized carbons (Fsp3) is 0.700. The van der Waals surface area contributed by atoms with Gasteiger partial charge in [0, 0.05) is 11.0 Å². The molecule has 0 aliphatic carbocycles. The van der Waals surface area contributed by atoms with Crippen molar-refractivity contribution >= 4 is 0 Å². The molecule has 1 heterocycles. The summed E-state index contributed by atoms with van der Waals surface area (Å²) in [5.74, 6) is 0.968. The average Bonchev–Trinajstić information content (AvgIpc) is 2.32. The van der Waals surface area contributed by atoms with Crippen molar-refractivity contribution in [2.24, 2.45) is 5.73 Å². The van der Waals surface area contributed by atoms with Crippen LogP contribution in [0, 0.1) is 6.92 Å². The molecular formula is C10H18N2O. The normalized spacial score (nSPS) is 12.1. The summed E-state index contributed by atoms with van der Waals surface area (Å²) in [6.07, 6.45) is 0.849. The Balaban J connectivity index is 3.07. The van der Waals surface area contributed by atoms with Gasteiger partial charge in [0.2, 0.25) is 0 Å². The lowest BCUT2D eigenvalue weighted by Gasteiger charge is -2.15. The van der Waals surface area contributed by atoms with Gasteiger partial charge in [0.25, 0.3) is 0 Å². The molecule has 0 fully saturated rings. The van der Waals surface area contributed by atoms with E-state index in [0.29, 0.717) is 6.54 Å². The lowest BCUT2D eigenvalue weighted by Crippen LogP contribution is -2.14. The maximum Gasteiger partial charge on any atom is 0.145 e. The fourth-order valence-electron chi connectivity index (χ4n) is 1.42. The van der Waals surface area contributed by atoms with Crippen LogP contribution in [0.5, 0.6) is 0 Å². The number of aryl methyl sites for hydroxylation is 1. The predicted octanol–water partition coefficient (Wildman–Crippen LogP) is 1.78. The SMILES string of the molecule is Cc1noc(C(C)(C)C)c1CCN. The summed E-state index contributed by atoms with van der Waals surface area (Å²) in [5.41, 5.74) is 7.69. The maximum absolute atomic E-state index is 5.53. The van der Waals surface area contributed by atoms with E-state index in [9.17, 15) is 0 Å². The summed E-state index contributed by atoms with van der Waals surface area (Å²) in [6, 6.07) is 0. The van der Waals surface area contributed by atoms with Crippen LogP contribution < -0.4 is 5.73 Å². The Hall–Kier alpha value is -0.830. The largest absolute Gasteiger partial charge is 0.360 e. The van der Waals surface area contributed by atoms with Gasteiger partial charge in [-0.3, -0.25) is 0 Å². The highest BCUT2D eigenvalue weighted by Gasteiger charge is 2.24. The Morgan fingerprint density at radius 1 is 1.38 bits per heavy atom. The van der Waals surface area contributed by atoms with E-state index in [4.69, 9.17) is 10.3 Å². The highest BCUT2D eigenvalue weighted by atomic mass is 16.5. The minimum absolute atomic E-state index is 0.0196. The number of nitrogens with zero attached hydrogens (tertiary/aromatic N) is 1. The monoisotopic (exact) mass is 182 g/mol. The van der Waals surface area contributed by atoms with E-state index in [1.165, 1.54) is 5.56 Å². The molecule has 1 rings (SSSR count). The quantitative estimate of drug-likeness (QED) is 0.758. The van der Waals surface area contributed by atoms with Gasteiger partial charge in [-0.25, -0.2) is 0 Å². The Morgan fingerprint density at radius 3 is 2.46 bits per heavy atom. The lowest BCUT2D eigenvalue weighted by atomic mass is 9.89. The second-order valence-electron chi connectivity index (χ2n) is 4.36. The Morgan fingerprint density at radius 2 is 2.00 bits per heavy atom. The standard InChI is InChI=1S/C10H18N2O/c1-7-8(5-6-11)9(13-12-7)10(2,3)4/h5-6,11H2,1-4H3. The third-order valence-corrected chi connectivity index (χ3v) is 2.06. The van der Waals surface area contributed by atoms with Crippen LogP contribution in [0.25, 0.3) is 0 Å². The summed E-state index contributed by atoms with van der Waals surface area (Å²) in [4.78, 5) is 0. The van der Waals surface area contributed by atoms with Crippen LogP contribution in [-0.4, -0.2) is 11.7 Å². The summed E-state index contributed by atoms with van der Waals surface area (Å²) >= 11 is 0. The first-order valence-corrected chi connectivity index (χ1v) is 4.62. The zero-order valence-electron chi connectivity index (χ0n) is 8.85. The summed E-state index contributed by atoms with van der Waals surface area (Å²) in [5, 5.41) is 3.97. The molecule has 0 spiro atoms.